The first-order valence-corrected chi connectivity index (χ1v) is 7.34. The lowest BCUT2D eigenvalue weighted by Gasteiger charge is -2.12. The number of carbonyl (C=O) groups is 1. The fourth-order valence-corrected chi connectivity index (χ4v) is 2.64. The number of hydrogen-bond donors (Lipinski definition) is 2. The summed E-state index contributed by atoms with van der Waals surface area (Å²) in [7, 11) is 0. The molecule has 0 spiro atoms. The van der Waals surface area contributed by atoms with Crippen LogP contribution >= 0.6 is 35.8 Å². The van der Waals surface area contributed by atoms with Crippen molar-refractivity contribution in [3.8, 4) is 5.75 Å². The molecule has 0 aliphatic heterocycles. The number of rotatable bonds is 4. The first-order chi connectivity index (χ1) is 9.97. The van der Waals surface area contributed by atoms with Gasteiger partial charge in [0, 0.05) is 9.92 Å². The summed E-state index contributed by atoms with van der Waals surface area (Å²) in [4.78, 5) is 12.6. The zero-order chi connectivity index (χ0) is 15.4. The smallest absolute Gasteiger partial charge is 0.262 e. The van der Waals surface area contributed by atoms with Crippen LogP contribution in [0.4, 0.5) is 5.69 Å². The van der Waals surface area contributed by atoms with Gasteiger partial charge in [-0.15, -0.1) is 12.6 Å². The van der Waals surface area contributed by atoms with Gasteiger partial charge in [0.25, 0.3) is 5.91 Å². The van der Waals surface area contributed by atoms with Gasteiger partial charge in [-0.1, -0.05) is 35.3 Å². The Kier molecular flexibility index (Phi) is 5.39. The van der Waals surface area contributed by atoms with Gasteiger partial charge in [0.15, 0.2) is 6.61 Å². The van der Waals surface area contributed by atoms with Crippen molar-refractivity contribution in [1.82, 2.24) is 0 Å². The van der Waals surface area contributed by atoms with E-state index >= 15 is 0 Å². The van der Waals surface area contributed by atoms with Gasteiger partial charge in [-0.2, -0.15) is 0 Å². The van der Waals surface area contributed by atoms with E-state index in [1.54, 1.807) is 24.3 Å². The molecule has 0 radical (unpaired) electrons. The van der Waals surface area contributed by atoms with Crippen LogP contribution in [0.1, 0.15) is 5.56 Å². The van der Waals surface area contributed by atoms with Gasteiger partial charge in [0.05, 0.1) is 10.7 Å². The van der Waals surface area contributed by atoms with Gasteiger partial charge < -0.3 is 10.1 Å². The van der Waals surface area contributed by atoms with Gasteiger partial charge >= 0.3 is 0 Å². The Morgan fingerprint density at radius 1 is 1.29 bits per heavy atom. The Balaban J connectivity index is 2.01. The lowest BCUT2D eigenvalue weighted by Crippen LogP contribution is -2.20. The van der Waals surface area contributed by atoms with Crippen LogP contribution in [0.2, 0.25) is 10.0 Å². The normalized spacial score (nSPS) is 10.3. The summed E-state index contributed by atoms with van der Waals surface area (Å²) >= 11 is 16.2. The van der Waals surface area contributed by atoms with Crippen LogP contribution in [0.5, 0.6) is 5.75 Å². The highest BCUT2D eigenvalue weighted by Crippen LogP contribution is 2.31. The minimum absolute atomic E-state index is 0.149. The number of thiol groups is 1. The van der Waals surface area contributed by atoms with Crippen LogP contribution in [0.3, 0.4) is 0 Å². The number of nitrogens with one attached hydrogen (secondary N) is 1. The largest absolute Gasteiger partial charge is 0.482 e. The van der Waals surface area contributed by atoms with E-state index < -0.39 is 0 Å². The number of ether oxygens (including phenoxy) is 1. The predicted octanol–water partition coefficient (Wildman–Crippen LogP) is 4.61. The van der Waals surface area contributed by atoms with E-state index in [0.29, 0.717) is 26.4 Å². The number of hydrogen-bond acceptors (Lipinski definition) is 3. The van der Waals surface area contributed by atoms with Gasteiger partial charge in [-0.3, -0.25) is 4.79 Å². The summed E-state index contributed by atoms with van der Waals surface area (Å²) in [6.07, 6.45) is 0. The third kappa shape index (κ3) is 4.30. The van der Waals surface area contributed by atoms with Gasteiger partial charge in [0.1, 0.15) is 5.75 Å². The quantitative estimate of drug-likeness (QED) is 0.797. The van der Waals surface area contributed by atoms with Crippen LogP contribution in [0.15, 0.2) is 41.3 Å². The number of amides is 1. The molecule has 0 aliphatic carbocycles. The van der Waals surface area contributed by atoms with Crippen molar-refractivity contribution in [2.75, 3.05) is 11.9 Å². The molecular formula is C15H13Cl2NO2S. The molecule has 1 amide bonds. The third-order valence-electron chi connectivity index (χ3n) is 2.72. The molecule has 0 atom stereocenters. The lowest BCUT2D eigenvalue weighted by molar-refractivity contribution is -0.118. The summed E-state index contributed by atoms with van der Waals surface area (Å²) in [5, 5.41) is 3.62. The van der Waals surface area contributed by atoms with Crippen molar-refractivity contribution < 1.29 is 9.53 Å². The molecule has 1 N–H and O–H groups in total. The maximum Gasteiger partial charge on any atom is 0.262 e. The lowest BCUT2D eigenvalue weighted by atomic mass is 10.2. The van der Waals surface area contributed by atoms with Crippen molar-refractivity contribution in [2.45, 2.75) is 11.8 Å². The minimum Gasteiger partial charge on any atom is -0.482 e. The van der Waals surface area contributed by atoms with E-state index in [0.717, 1.165) is 5.56 Å². The van der Waals surface area contributed by atoms with E-state index in [1.807, 2.05) is 19.1 Å². The highest BCUT2D eigenvalue weighted by atomic mass is 35.5. The maximum absolute atomic E-state index is 11.9. The molecule has 3 nitrogen and oxygen atoms in total. The number of aryl methyl sites for hydroxylation is 1. The summed E-state index contributed by atoms with van der Waals surface area (Å²) in [6.45, 7) is 1.67. The molecule has 2 aromatic carbocycles. The SMILES string of the molecule is Cc1cc(Cl)cc(Cl)c1OCC(=O)Nc1ccccc1S. The molecule has 0 saturated heterocycles. The summed E-state index contributed by atoms with van der Waals surface area (Å²) in [5.41, 5.74) is 1.41. The molecule has 6 heteroatoms. The summed E-state index contributed by atoms with van der Waals surface area (Å²) in [5.74, 6) is 0.164. The highest BCUT2D eigenvalue weighted by molar-refractivity contribution is 7.80. The van der Waals surface area contributed by atoms with Crippen LogP contribution in [-0.2, 0) is 4.79 Å². The van der Waals surface area contributed by atoms with Crippen molar-refractivity contribution in [3.63, 3.8) is 0 Å². The van der Waals surface area contributed by atoms with E-state index in [-0.39, 0.29) is 12.5 Å². The molecule has 0 aliphatic rings. The molecule has 2 rings (SSSR count). The van der Waals surface area contributed by atoms with E-state index in [4.69, 9.17) is 27.9 Å². The molecule has 2 aromatic rings. The predicted molar refractivity (Wildman–Crippen MR) is 89.0 cm³/mol. The van der Waals surface area contributed by atoms with Crippen LogP contribution in [0.25, 0.3) is 0 Å². The second kappa shape index (κ2) is 7.07. The average molecular weight is 342 g/mol. The van der Waals surface area contributed by atoms with Gasteiger partial charge in [-0.05, 0) is 36.8 Å². The molecule has 0 bridgehead atoms. The Hall–Kier alpha value is -1.36. The number of carbonyl (C=O) groups excluding carboxylic acids is 1. The summed E-state index contributed by atoms with van der Waals surface area (Å²) < 4.78 is 5.47. The Labute approximate surface area is 138 Å². The molecule has 0 unspecified atom stereocenters. The van der Waals surface area contributed by atoms with Crippen LogP contribution < -0.4 is 10.1 Å². The Morgan fingerprint density at radius 3 is 2.67 bits per heavy atom. The van der Waals surface area contributed by atoms with Crippen molar-refractivity contribution in [3.05, 3.63) is 52.0 Å². The topological polar surface area (TPSA) is 38.3 Å². The molecule has 0 heterocycles. The zero-order valence-electron chi connectivity index (χ0n) is 11.2. The fourth-order valence-electron chi connectivity index (χ4n) is 1.78. The van der Waals surface area contributed by atoms with Crippen LogP contribution in [-0.4, -0.2) is 12.5 Å². The number of halogens is 2. The van der Waals surface area contributed by atoms with Crippen molar-refractivity contribution in [1.29, 1.82) is 0 Å². The van der Waals surface area contributed by atoms with Crippen LogP contribution in [0, 0.1) is 6.92 Å². The third-order valence-corrected chi connectivity index (χ3v) is 3.61. The van der Waals surface area contributed by atoms with Gasteiger partial charge in [0.2, 0.25) is 0 Å². The molecule has 0 fully saturated rings. The maximum atomic E-state index is 11.9. The summed E-state index contributed by atoms with van der Waals surface area (Å²) in [6, 6.07) is 10.5. The van der Waals surface area contributed by atoms with E-state index in [1.165, 1.54) is 0 Å². The first kappa shape index (κ1) is 16.0. The van der Waals surface area contributed by atoms with E-state index in [9.17, 15) is 4.79 Å². The number of para-hydroxylation sites is 1. The molecule has 0 saturated carbocycles. The molecule has 21 heavy (non-hydrogen) atoms. The fraction of sp³-hybridized carbons (Fsp3) is 0.133. The number of anilines is 1. The highest BCUT2D eigenvalue weighted by Gasteiger charge is 2.11. The Bertz CT molecular complexity index is 653. The monoisotopic (exact) mass is 341 g/mol. The Morgan fingerprint density at radius 2 is 2.00 bits per heavy atom. The first-order valence-electron chi connectivity index (χ1n) is 6.13. The molecule has 0 aromatic heterocycles. The second-order valence-electron chi connectivity index (χ2n) is 4.39. The number of benzene rings is 2. The zero-order valence-corrected chi connectivity index (χ0v) is 13.6. The van der Waals surface area contributed by atoms with Crippen molar-refractivity contribution in [2.24, 2.45) is 0 Å². The minimum atomic E-state index is -0.290. The van der Waals surface area contributed by atoms with Gasteiger partial charge in [-0.25, -0.2) is 0 Å². The standard InChI is InChI=1S/C15H13Cl2NO2S/c1-9-6-10(16)7-11(17)15(9)20-8-14(19)18-12-4-2-3-5-13(12)21/h2-7,21H,8H2,1H3,(H,18,19). The second-order valence-corrected chi connectivity index (χ2v) is 5.71. The van der Waals surface area contributed by atoms with E-state index in [2.05, 4.69) is 17.9 Å². The van der Waals surface area contributed by atoms with Crippen molar-refractivity contribution >= 4 is 47.4 Å². The molecular weight excluding hydrogens is 329 g/mol. The molecule has 110 valence electrons. The average Bonchev–Trinajstić information content (AvgIpc) is 2.40.